The number of nitrogens with one attached hydrogen (secondary N) is 1. The van der Waals surface area contributed by atoms with Gasteiger partial charge in [0.2, 0.25) is 5.91 Å². The molecule has 110 valence electrons. The summed E-state index contributed by atoms with van der Waals surface area (Å²) in [5.74, 6) is 0.200. The van der Waals surface area contributed by atoms with Crippen LogP contribution in [-0.2, 0) is 4.79 Å². The average molecular weight is 322 g/mol. The number of carbonyl (C=O) groups is 1. The van der Waals surface area contributed by atoms with Crippen LogP contribution in [-0.4, -0.2) is 23.4 Å². The Bertz CT molecular complexity index is 575. The van der Waals surface area contributed by atoms with Crippen LogP contribution in [0.2, 0.25) is 5.02 Å². The fourth-order valence-electron chi connectivity index (χ4n) is 1.83. The number of hydrogen-bond acceptors (Lipinski definition) is 3. The highest BCUT2D eigenvalue weighted by Crippen LogP contribution is 2.19. The molecule has 0 bridgehead atoms. The quantitative estimate of drug-likeness (QED) is 0.803. The van der Waals surface area contributed by atoms with Gasteiger partial charge in [-0.2, -0.15) is 0 Å². The number of rotatable bonds is 6. The molecular formula is C16H16ClNO2S. The highest BCUT2D eigenvalue weighted by Gasteiger charge is 2.13. The van der Waals surface area contributed by atoms with E-state index < -0.39 is 6.04 Å². The van der Waals surface area contributed by atoms with E-state index in [0.717, 1.165) is 10.5 Å². The predicted molar refractivity (Wildman–Crippen MR) is 86.6 cm³/mol. The molecule has 0 aromatic heterocycles. The van der Waals surface area contributed by atoms with Crippen LogP contribution in [0.4, 0.5) is 0 Å². The largest absolute Gasteiger partial charge is 0.394 e. The summed E-state index contributed by atoms with van der Waals surface area (Å²) in [5.41, 5.74) is 0.833. The molecule has 0 fully saturated rings. The van der Waals surface area contributed by atoms with E-state index in [2.05, 4.69) is 5.32 Å². The van der Waals surface area contributed by atoms with Crippen LogP contribution in [0.25, 0.3) is 0 Å². The van der Waals surface area contributed by atoms with Crippen molar-refractivity contribution in [1.82, 2.24) is 5.32 Å². The Morgan fingerprint density at radius 1 is 1.14 bits per heavy atom. The van der Waals surface area contributed by atoms with Crippen molar-refractivity contribution in [2.75, 3.05) is 12.4 Å². The zero-order valence-electron chi connectivity index (χ0n) is 11.3. The standard InChI is InChI=1S/C16H16ClNO2S/c17-13-8-6-12(7-9-13)15(10-19)18-16(20)11-21-14-4-2-1-3-5-14/h1-9,15,19H,10-11H2,(H,18,20). The fourth-order valence-corrected chi connectivity index (χ4v) is 2.69. The summed E-state index contributed by atoms with van der Waals surface area (Å²) in [5, 5.41) is 12.9. The van der Waals surface area contributed by atoms with Gasteiger partial charge in [-0.25, -0.2) is 0 Å². The maximum Gasteiger partial charge on any atom is 0.230 e. The molecule has 21 heavy (non-hydrogen) atoms. The Morgan fingerprint density at radius 3 is 2.43 bits per heavy atom. The number of aliphatic hydroxyl groups is 1. The van der Waals surface area contributed by atoms with Crippen molar-refractivity contribution in [2.24, 2.45) is 0 Å². The molecule has 0 saturated carbocycles. The second-order valence-electron chi connectivity index (χ2n) is 4.46. The zero-order valence-corrected chi connectivity index (χ0v) is 12.9. The van der Waals surface area contributed by atoms with E-state index in [1.165, 1.54) is 11.8 Å². The van der Waals surface area contributed by atoms with Crippen LogP contribution >= 0.6 is 23.4 Å². The Morgan fingerprint density at radius 2 is 1.81 bits per heavy atom. The van der Waals surface area contributed by atoms with Crippen LogP contribution < -0.4 is 5.32 Å². The first-order valence-corrected chi connectivity index (χ1v) is 7.89. The topological polar surface area (TPSA) is 49.3 Å². The number of aliphatic hydroxyl groups excluding tert-OH is 1. The maximum atomic E-state index is 12.0. The Labute approximate surface area is 133 Å². The maximum absolute atomic E-state index is 12.0. The molecule has 0 aliphatic rings. The van der Waals surface area contributed by atoms with Gasteiger partial charge in [-0.1, -0.05) is 41.9 Å². The van der Waals surface area contributed by atoms with Crippen molar-refractivity contribution < 1.29 is 9.90 Å². The third kappa shape index (κ3) is 5.08. The van der Waals surface area contributed by atoms with Crippen LogP contribution in [0.5, 0.6) is 0 Å². The number of halogens is 1. The number of thioether (sulfide) groups is 1. The SMILES string of the molecule is O=C(CSc1ccccc1)NC(CO)c1ccc(Cl)cc1. The minimum absolute atomic E-state index is 0.113. The average Bonchev–Trinajstić information content (AvgIpc) is 2.52. The molecule has 0 saturated heterocycles. The molecule has 5 heteroatoms. The summed E-state index contributed by atoms with van der Waals surface area (Å²) in [4.78, 5) is 13.0. The van der Waals surface area contributed by atoms with Gasteiger partial charge in [-0.15, -0.1) is 11.8 Å². The van der Waals surface area contributed by atoms with Gasteiger partial charge in [-0.05, 0) is 29.8 Å². The Balaban J connectivity index is 1.89. The minimum atomic E-state index is -0.411. The number of amides is 1. The van der Waals surface area contributed by atoms with Crippen LogP contribution in [0.1, 0.15) is 11.6 Å². The third-order valence-electron chi connectivity index (χ3n) is 2.90. The lowest BCUT2D eigenvalue weighted by Crippen LogP contribution is -2.32. The smallest absolute Gasteiger partial charge is 0.230 e. The van der Waals surface area contributed by atoms with Gasteiger partial charge in [0.25, 0.3) is 0 Å². The molecule has 0 aliphatic heterocycles. The van der Waals surface area contributed by atoms with Crippen molar-refractivity contribution in [3.05, 3.63) is 65.2 Å². The molecule has 1 amide bonds. The highest BCUT2D eigenvalue weighted by atomic mass is 35.5. The number of hydrogen-bond donors (Lipinski definition) is 2. The lowest BCUT2D eigenvalue weighted by molar-refractivity contribution is -0.119. The van der Waals surface area contributed by atoms with Crippen LogP contribution in [0.15, 0.2) is 59.5 Å². The molecule has 2 aromatic rings. The summed E-state index contributed by atoms with van der Waals surface area (Å²) in [6, 6.07) is 16.4. The number of carbonyl (C=O) groups excluding carboxylic acids is 1. The van der Waals surface area contributed by atoms with Gasteiger partial charge in [0.05, 0.1) is 18.4 Å². The summed E-state index contributed by atoms with van der Waals surface area (Å²) < 4.78 is 0. The minimum Gasteiger partial charge on any atom is -0.394 e. The van der Waals surface area contributed by atoms with E-state index in [4.69, 9.17) is 11.6 Å². The van der Waals surface area contributed by atoms with Crippen molar-refractivity contribution in [1.29, 1.82) is 0 Å². The normalized spacial score (nSPS) is 11.9. The van der Waals surface area contributed by atoms with Crippen molar-refractivity contribution in [3.63, 3.8) is 0 Å². The first-order chi connectivity index (χ1) is 10.2. The summed E-state index contributed by atoms with van der Waals surface area (Å²) >= 11 is 7.29. The van der Waals surface area contributed by atoms with E-state index in [-0.39, 0.29) is 12.5 Å². The van der Waals surface area contributed by atoms with Crippen molar-refractivity contribution in [3.8, 4) is 0 Å². The molecular weight excluding hydrogens is 306 g/mol. The molecule has 2 N–H and O–H groups in total. The van der Waals surface area contributed by atoms with E-state index in [1.54, 1.807) is 24.3 Å². The van der Waals surface area contributed by atoms with E-state index >= 15 is 0 Å². The Hall–Kier alpha value is -1.49. The third-order valence-corrected chi connectivity index (χ3v) is 4.17. The molecule has 0 heterocycles. The second-order valence-corrected chi connectivity index (χ2v) is 5.94. The van der Waals surface area contributed by atoms with Gasteiger partial charge in [0.15, 0.2) is 0 Å². The van der Waals surface area contributed by atoms with E-state index in [0.29, 0.717) is 10.8 Å². The zero-order chi connectivity index (χ0) is 15.1. The van der Waals surface area contributed by atoms with Crippen LogP contribution in [0.3, 0.4) is 0 Å². The predicted octanol–water partition coefficient (Wildman–Crippen LogP) is 3.28. The molecule has 0 aliphatic carbocycles. The molecule has 0 spiro atoms. The van der Waals surface area contributed by atoms with E-state index in [1.807, 2.05) is 30.3 Å². The van der Waals surface area contributed by atoms with Gasteiger partial charge >= 0.3 is 0 Å². The Kier molecular flexibility index (Phi) is 6.11. The molecule has 1 atom stereocenters. The van der Waals surface area contributed by atoms with Crippen molar-refractivity contribution in [2.45, 2.75) is 10.9 Å². The molecule has 2 aromatic carbocycles. The molecule has 3 nitrogen and oxygen atoms in total. The lowest BCUT2D eigenvalue weighted by atomic mass is 10.1. The van der Waals surface area contributed by atoms with Gasteiger partial charge in [-0.3, -0.25) is 4.79 Å². The van der Waals surface area contributed by atoms with Crippen molar-refractivity contribution >= 4 is 29.3 Å². The first kappa shape index (κ1) is 15.9. The molecule has 2 rings (SSSR count). The van der Waals surface area contributed by atoms with Crippen LogP contribution in [0, 0.1) is 0 Å². The fraction of sp³-hybridized carbons (Fsp3) is 0.188. The van der Waals surface area contributed by atoms with Gasteiger partial charge in [0.1, 0.15) is 0 Å². The monoisotopic (exact) mass is 321 g/mol. The number of benzene rings is 2. The summed E-state index contributed by atoms with van der Waals surface area (Å²) in [6.45, 7) is -0.149. The molecule has 0 radical (unpaired) electrons. The second kappa shape index (κ2) is 8.08. The van der Waals surface area contributed by atoms with Gasteiger partial charge < -0.3 is 10.4 Å². The lowest BCUT2D eigenvalue weighted by Gasteiger charge is -2.16. The van der Waals surface area contributed by atoms with E-state index in [9.17, 15) is 9.90 Å². The first-order valence-electron chi connectivity index (χ1n) is 6.52. The highest BCUT2D eigenvalue weighted by molar-refractivity contribution is 8.00. The van der Waals surface area contributed by atoms with Gasteiger partial charge in [0, 0.05) is 9.92 Å². The molecule has 1 unspecified atom stereocenters. The summed E-state index contributed by atoms with van der Waals surface area (Å²) in [7, 11) is 0. The summed E-state index contributed by atoms with van der Waals surface area (Å²) in [6.07, 6.45) is 0.